The van der Waals surface area contributed by atoms with Crippen LogP contribution in [-0.2, 0) is 12.7 Å². The first-order valence-electron chi connectivity index (χ1n) is 5.93. The maximum absolute atomic E-state index is 12.9. The van der Waals surface area contributed by atoms with Gasteiger partial charge in [0.05, 0.1) is 23.7 Å². The van der Waals surface area contributed by atoms with Crippen molar-refractivity contribution in [1.82, 2.24) is 10.1 Å². The quantitative estimate of drug-likeness (QED) is 0.871. The predicted octanol–water partition coefficient (Wildman–Crippen LogP) is 2.90. The maximum Gasteiger partial charge on any atom is 0.417 e. The summed E-state index contributed by atoms with van der Waals surface area (Å²) in [5, 5.41) is 12.4. The van der Waals surface area contributed by atoms with Gasteiger partial charge in [0.1, 0.15) is 0 Å². The summed E-state index contributed by atoms with van der Waals surface area (Å²) >= 11 is 0. The van der Waals surface area contributed by atoms with E-state index in [4.69, 9.17) is 9.78 Å². The van der Waals surface area contributed by atoms with E-state index in [1.807, 2.05) is 0 Å². The van der Waals surface area contributed by atoms with E-state index in [2.05, 4.69) is 10.1 Å². The molecule has 0 aliphatic rings. The molecule has 110 valence electrons. The molecule has 0 saturated heterocycles. The number of hydrogen-bond donors (Lipinski definition) is 0. The summed E-state index contributed by atoms with van der Waals surface area (Å²) in [4.78, 5) is 5.53. The third-order valence-corrected chi connectivity index (χ3v) is 2.82. The van der Waals surface area contributed by atoms with Crippen LogP contribution in [0.3, 0.4) is 0 Å². The lowest BCUT2D eigenvalue weighted by Crippen LogP contribution is -2.18. The Balaban J connectivity index is 2.30. The third-order valence-electron chi connectivity index (χ3n) is 2.82. The van der Waals surface area contributed by atoms with Crippen molar-refractivity contribution in [2.24, 2.45) is 0 Å². The Morgan fingerprint density at radius 2 is 2.10 bits per heavy atom. The number of nitriles is 1. The van der Waals surface area contributed by atoms with E-state index in [0.29, 0.717) is 17.4 Å². The van der Waals surface area contributed by atoms with E-state index in [0.717, 1.165) is 12.1 Å². The number of halogens is 3. The van der Waals surface area contributed by atoms with Crippen LogP contribution in [0.25, 0.3) is 0 Å². The van der Waals surface area contributed by atoms with E-state index in [-0.39, 0.29) is 6.54 Å². The summed E-state index contributed by atoms with van der Waals surface area (Å²) in [5.74, 6) is 0.752. The molecular weight excluding hydrogens is 285 g/mol. The van der Waals surface area contributed by atoms with Gasteiger partial charge < -0.3 is 9.42 Å². The highest BCUT2D eigenvalue weighted by Gasteiger charge is 2.34. The number of aromatic nitrogens is 2. The van der Waals surface area contributed by atoms with E-state index < -0.39 is 17.3 Å². The van der Waals surface area contributed by atoms with Gasteiger partial charge in [0.15, 0.2) is 5.82 Å². The molecule has 1 aromatic heterocycles. The zero-order chi connectivity index (χ0) is 15.6. The van der Waals surface area contributed by atoms with Gasteiger partial charge in [-0.2, -0.15) is 23.4 Å². The Hall–Kier alpha value is -2.56. The van der Waals surface area contributed by atoms with Crippen molar-refractivity contribution < 1.29 is 17.7 Å². The molecule has 2 aromatic rings. The fraction of sp³-hybridized carbons (Fsp3) is 0.308. The highest BCUT2D eigenvalue weighted by Crippen LogP contribution is 2.34. The molecule has 1 heterocycles. The zero-order valence-corrected chi connectivity index (χ0v) is 11.3. The van der Waals surface area contributed by atoms with E-state index in [1.165, 1.54) is 6.07 Å². The second-order valence-corrected chi connectivity index (χ2v) is 4.43. The lowest BCUT2D eigenvalue weighted by Gasteiger charge is -2.19. The van der Waals surface area contributed by atoms with Crippen molar-refractivity contribution in [3.63, 3.8) is 0 Å². The van der Waals surface area contributed by atoms with Crippen molar-refractivity contribution >= 4 is 5.69 Å². The van der Waals surface area contributed by atoms with Crippen molar-refractivity contribution in [2.45, 2.75) is 19.6 Å². The normalized spacial score (nSPS) is 11.2. The number of nitrogens with zero attached hydrogens (tertiary/aromatic N) is 4. The summed E-state index contributed by atoms with van der Waals surface area (Å²) in [6.07, 6.45) is -4.58. The first-order chi connectivity index (χ1) is 9.81. The summed E-state index contributed by atoms with van der Waals surface area (Å²) in [5.41, 5.74) is -1.06. The predicted molar refractivity (Wildman–Crippen MR) is 67.3 cm³/mol. The number of rotatable bonds is 3. The number of benzene rings is 1. The topological polar surface area (TPSA) is 66.0 Å². The summed E-state index contributed by atoms with van der Waals surface area (Å²) < 4.78 is 43.5. The van der Waals surface area contributed by atoms with Crippen LogP contribution < -0.4 is 4.90 Å². The molecule has 0 N–H and O–H groups in total. The van der Waals surface area contributed by atoms with Gasteiger partial charge >= 0.3 is 6.18 Å². The SMILES string of the molecule is Cc1nc(CN(C)c2ccc(C#N)c(C(F)(F)F)c2)no1. The molecule has 0 atom stereocenters. The van der Waals surface area contributed by atoms with Gasteiger partial charge in [-0.25, -0.2) is 0 Å². The first-order valence-corrected chi connectivity index (χ1v) is 5.93. The number of anilines is 1. The van der Waals surface area contributed by atoms with Crippen LogP contribution in [0.2, 0.25) is 0 Å². The zero-order valence-electron chi connectivity index (χ0n) is 11.3. The molecule has 0 aliphatic heterocycles. The molecule has 0 saturated carbocycles. The van der Waals surface area contributed by atoms with Gasteiger partial charge in [-0.15, -0.1) is 0 Å². The van der Waals surface area contributed by atoms with Crippen LogP contribution >= 0.6 is 0 Å². The average molecular weight is 296 g/mol. The van der Waals surface area contributed by atoms with Gasteiger partial charge in [-0.05, 0) is 18.2 Å². The Bertz CT molecular complexity index is 687. The number of alkyl halides is 3. The smallest absolute Gasteiger partial charge is 0.367 e. The van der Waals surface area contributed by atoms with Crippen molar-refractivity contribution in [1.29, 1.82) is 5.26 Å². The molecule has 0 bridgehead atoms. The second-order valence-electron chi connectivity index (χ2n) is 4.43. The fourth-order valence-corrected chi connectivity index (χ4v) is 1.81. The van der Waals surface area contributed by atoms with Crippen molar-refractivity contribution in [3.05, 3.63) is 41.0 Å². The molecule has 0 fully saturated rings. The Morgan fingerprint density at radius 3 is 2.62 bits per heavy atom. The molecule has 0 radical (unpaired) electrons. The largest absolute Gasteiger partial charge is 0.417 e. The molecule has 5 nitrogen and oxygen atoms in total. The van der Waals surface area contributed by atoms with Crippen LogP contribution in [0.1, 0.15) is 22.8 Å². The maximum atomic E-state index is 12.9. The minimum atomic E-state index is -4.58. The molecule has 0 aliphatic carbocycles. The van der Waals surface area contributed by atoms with Crippen LogP contribution in [0.5, 0.6) is 0 Å². The van der Waals surface area contributed by atoms with Gasteiger partial charge in [0, 0.05) is 19.7 Å². The third kappa shape index (κ3) is 3.31. The molecular formula is C13H11F3N4O. The lowest BCUT2D eigenvalue weighted by molar-refractivity contribution is -0.137. The molecule has 0 amide bonds. The minimum absolute atomic E-state index is 0.195. The molecule has 0 spiro atoms. The molecule has 8 heteroatoms. The second kappa shape index (κ2) is 5.44. The minimum Gasteiger partial charge on any atom is -0.367 e. The first kappa shape index (κ1) is 14.8. The number of aryl methyl sites for hydroxylation is 1. The highest BCUT2D eigenvalue weighted by atomic mass is 19.4. The van der Waals surface area contributed by atoms with E-state index in [9.17, 15) is 13.2 Å². The lowest BCUT2D eigenvalue weighted by atomic mass is 10.1. The fourth-order valence-electron chi connectivity index (χ4n) is 1.81. The monoisotopic (exact) mass is 296 g/mol. The van der Waals surface area contributed by atoms with Crippen LogP contribution in [0.15, 0.2) is 22.7 Å². The van der Waals surface area contributed by atoms with Gasteiger partial charge in [-0.3, -0.25) is 0 Å². The van der Waals surface area contributed by atoms with Crippen molar-refractivity contribution in [2.75, 3.05) is 11.9 Å². The van der Waals surface area contributed by atoms with E-state index in [1.54, 1.807) is 24.9 Å². The average Bonchev–Trinajstić information content (AvgIpc) is 2.82. The van der Waals surface area contributed by atoms with Crippen LogP contribution in [0, 0.1) is 18.3 Å². The molecule has 2 rings (SSSR count). The Labute approximate surface area is 118 Å². The Morgan fingerprint density at radius 1 is 1.38 bits per heavy atom. The molecule has 0 unspecified atom stereocenters. The van der Waals surface area contributed by atoms with Gasteiger partial charge in [0.2, 0.25) is 5.89 Å². The highest BCUT2D eigenvalue weighted by molar-refractivity contribution is 5.54. The van der Waals surface area contributed by atoms with Crippen molar-refractivity contribution in [3.8, 4) is 6.07 Å². The molecule has 21 heavy (non-hydrogen) atoms. The Kier molecular flexibility index (Phi) is 3.84. The summed E-state index contributed by atoms with van der Waals surface area (Å²) in [6, 6.07) is 5.07. The number of hydrogen-bond acceptors (Lipinski definition) is 5. The molecule has 1 aromatic carbocycles. The summed E-state index contributed by atoms with van der Waals surface area (Å²) in [7, 11) is 1.60. The standard InChI is InChI=1S/C13H11F3N4O/c1-8-18-12(19-21-8)7-20(2)10-4-3-9(6-17)11(5-10)13(14,15)16/h3-5H,7H2,1-2H3. The van der Waals surface area contributed by atoms with Crippen LogP contribution in [-0.4, -0.2) is 17.2 Å². The van der Waals surface area contributed by atoms with Crippen LogP contribution in [0.4, 0.5) is 18.9 Å². The summed E-state index contributed by atoms with van der Waals surface area (Å²) in [6.45, 7) is 1.82. The van der Waals surface area contributed by atoms with Gasteiger partial charge in [0.25, 0.3) is 0 Å². The van der Waals surface area contributed by atoms with Gasteiger partial charge in [-0.1, -0.05) is 5.16 Å². The van der Waals surface area contributed by atoms with E-state index >= 15 is 0 Å².